The third-order valence-corrected chi connectivity index (χ3v) is 4.24. The number of nitrogens with zero attached hydrogens (tertiary/aromatic N) is 1. The normalized spacial score (nSPS) is 12.0. The van der Waals surface area contributed by atoms with Crippen molar-refractivity contribution in [2.24, 2.45) is 0 Å². The van der Waals surface area contributed by atoms with Gasteiger partial charge in [-0.2, -0.15) is 0 Å². The Balaban J connectivity index is 1.87. The smallest absolute Gasteiger partial charge is 0.237 e. The zero-order valence-corrected chi connectivity index (χ0v) is 15.0. The van der Waals surface area contributed by atoms with Crippen molar-refractivity contribution in [3.63, 3.8) is 0 Å². The minimum absolute atomic E-state index is 0.00529. The maximum Gasteiger partial charge on any atom is 0.237 e. The van der Waals surface area contributed by atoms with Crippen LogP contribution in [0.2, 0.25) is 5.02 Å². The topological polar surface area (TPSA) is 41.6 Å². The highest BCUT2D eigenvalue weighted by Crippen LogP contribution is 2.13. The predicted octanol–water partition coefficient (Wildman–Crippen LogP) is 3.49. The first-order valence-electron chi connectivity index (χ1n) is 7.85. The minimum atomic E-state index is -0.230. The number of amides is 1. The van der Waals surface area contributed by atoms with E-state index >= 15 is 0 Å². The molecule has 4 nitrogen and oxygen atoms in total. The van der Waals surface area contributed by atoms with Gasteiger partial charge in [-0.25, -0.2) is 0 Å². The zero-order valence-electron chi connectivity index (χ0n) is 14.3. The number of ether oxygens (including phenoxy) is 1. The summed E-state index contributed by atoms with van der Waals surface area (Å²) in [5.74, 6) is 0.781. The molecule has 0 spiro atoms. The molecule has 0 heterocycles. The monoisotopic (exact) mass is 346 g/mol. The molecule has 1 amide bonds. The van der Waals surface area contributed by atoms with Gasteiger partial charge in [0.05, 0.1) is 13.2 Å². The molecule has 2 aromatic carbocycles. The molecule has 0 aliphatic rings. The molecule has 0 fully saturated rings. The van der Waals surface area contributed by atoms with E-state index in [1.165, 1.54) is 0 Å². The maximum atomic E-state index is 12.4. The van der Waals surface area contributed by atoms with E-state index in [-0.39, 0.29) is 11.9 Å². The van der Waals surface area contributed by atoms with Crippen LogP contribution in [-0.2, 0) is 17.9 Å². The van der Waals surface area contributed by atoms with Crippen molar-refractivity contribution in [3.8, 4) is 5.75 Å². The van der Waals surface area contributed by atoms with Crippen molar-refractivity contribution in [1.82, 2.24) is 10.2 Å². The van der Waals surface area contributed by atoms with Gasteiger partial charge >= 0.3 is 0 Å². The average Bonchev–Trinajstić information content (AvgIpc) is 2.61. The first-order valence-corrected chi connectivity index (χ1v) is 8.22. The number of rotatable bonds is 7. The Morgan fingerprint density at radius 2 is 1.92 bits per heavy atom. The van der Waals surface area contributed by atoms with Crippen molar-refractivity contribution in [2.45, 2.75) is 26.1 Å². The van der Waals surface area contributed by atoms with Crippen molar-refractivity contribution < 1.29 is 9.53 Å². The lowest BCUT2D eigenvalue weighted by molar-refractivity contribution is -0.125. The lowest BCUT2D eigenvalue weighted by atomic mass is 10.1. The summed E-state index contributed by atoms with van der Waals surface area (Å²) in [6.07, 6.45) is 0. The van der Waals surface area contributed by atoms with E-state index in [0.717, 1.165) is 16.9 Å². The minimum Gasteiger partial charge on any atom is -0.497 e. The molecule has 2 rings (SSSR count). The second-order valence-corrected chi connectivity index (χ2v) is 6.22. The summed E-state index contributed by atoms with van der Waals surface area (Å²) < 4.78 is 5.19. The summed E-state index contributed by atoms with van der Waals surface area (Å²) in [6.45, 7) is 3.07. The molecular formula is C19H23ClN2O2. The number of carbonyl (C=O) groups is 1. The summed E-state index contributed by atoms with van der Waals surface area (Å²) >= 11 is 5.90. The van der Waals surface area contributed by atoms with Crippen LogP contribution < -0.4 is 10.1 Å². The summed E-state index contributed by atoms with van der Waals surface area (Å²) in [7, 11) is 3.57. The van der Waals surface area contributed by atoms with Gasteiger partial charge in [-0.15, -0.1) is 0 Å². The van der Waals surface area contributed by atoms with Crippen LogP contribution in [0.4, 0.5) is 0 Å². The Kier molecular flexibility index (Phi) is 6.64. The quantitative estimate of drug-likeness (QED) is 0.834. The highest BCUT2D eigenvalue weighted by molar-refractivity contribution is 6.30. The number of hydrogen-bond donors (Lipinski definition) is 1. The number of benzene rings is 2. The molecule has 0 saturated heterocycles. The lowest BCUT2D eigenvalue weighted by Crippen LogP contribution is -2.42. The Morgan fingerprint density at radius 3 is 2.58 bits per heavy atom. The van der Waals surface area contributed by atoms with Crippen LogP contribution in [0.3, 0.4) is 0 Å². The van der Waals surface area contributed by atoms with Crippen molar-refractivity contribution >= 4 is 17.5 Å². The summed E-state index contributed by atoms with van der Waals surface area (Å²) in [4.78, 5) is 14.4. The molecular weight excluding hydrogens is 324 g/mol. The second kappa shape index (κ2) is 8.71. The van der Waals surface area contributed by atoms with Crippen LogP contribution in [-0.4, -0.2) is 31.0 Å². The van der Waals surface area contributed by atoms with E-state index in [9.17, 15) is 4.79 Å². The highest BCUT2D eigenvalue weighted by Gasteiger charge is 2.17. The number of methoxy groups -OCH3 is 1. The number of likely N-dealkylation sites (N-methyl/N-ethyl adjacent to an activating group) is 1. The summed E-state index contributed by atoms with van der Waals surface area (Å²) in [5.41, 5.74) is 2.13. The molecule has 0 radical (unpaired) electrons. The molecule has 0 aliphatic carbocycles. The third kappa shape index (κ3) is 5.25. The van der Waals surface area contributed by atoms with E-state index in [1.807, 2.05) is 67.4 Å². The van der Waals surface area contributed by atoms with Crippen molar-refractivity contribution in [1.29, 1.82) is 0 Å². The molecule has 0 aromatic heterocycles. The van der Waals surface area contributed by atoms with E-state index in [1.54, 1.807) is 7.11 Å². The van der Waals surface area contributed by atoms with Crippen LogP contribution in [0.5, 0.6) is 5.75 Å². The molecule has 1 atom stereocenters. The maximum absolute atomic E-state index is 12.4. The largest absolute Gasteiger partial charge is 0.497 e. The molecule has 0 bridgehead atoms. The molecule has 128 valence electrons. The van der Waals surface area contributed by atoms with E-state index in [0.29, 0.717) is 18.1 Å². The molecule has 0 aliphatic heterocycles. The van der Waals surface area contributed by atoms with Gasteiger partial charge in [-0.1, -0.05) is 35.9 Å². The number of carbonyl (C=O) groups excluding carboxylic acids is 1. The summed E-state index contributed by atoms with van der Waals surface area (Å²) in [6, 6.07) is 15.1. The number of halogens is 1. The van der Waals surface area contributed by atoms with Gasteiger partial charge in [0.2, 0.25) is 5.91 Å². The fourth-order valence-corrected chi connectivity index (χ4v) is 2.46. The molecule has 1 unspecified atom stereocenters. The summed E-state index contributed by atoms with van der Waals surface area (Å²) in [5, 5.41) is 3.68. The molecule has 24 heavy (non-hydrogen) atoms. The fraction of sp³-hybridized carbons (Fsp3) is 0.316. The van der Waals surface area contributed by atoms with E-state index < -0.39 is 0 Å². The lowest BCUT2D eigenvalue weighted by Gasteiger charge is -2.24. The van der Waals surface area contributed by atoms with Gasteiger partial charge in [-0.3, -0.25) is 9.69 Å². The molecule has 1 N–H and O–H groups in total. The number of nitrogens with one attached hydrogen (secondary N) is 1. The Bertz CT molecular complexity index is 673. The fourth-order valence-electron chi connectivity index (χ4n) is 2.33. The highest BCUT2D eigenvalue weighted by atomic mass is 35.5. The Hall–Kier alpha value is -2.04. The Morgan fingerprint density at radius 1 is 1.21 bits per heavy atom. The number of hydrogen-bond acceptors (Lipinski definition) is 3. The van der Waals surface area contributed by atoms with Gasteiger partial charge < -0.3 is 10.1 Å². The average molecular weight is 347 g/mol. The van der Waals surface area contributed by atoms with Crippen LogP contribution in [0.1, 0.15) is 18.1 Å². The zero-order chi connectivity index (χ0) is 17.5. The first-order chi connectivity index (χ1) is 11.5. The van der Waals surface area contributed by atoms with Crippen molar-refractivity contribution in [2.75, 3.05) is 14.2 Å². The van der Waals surface area contributed by atoms with Gasteiger partial charge in [0.25, 0.3) is 0 Å². The van der Waals surface area contributed by atoms with Gasteiger partial charge in [0, 0.05) is 18.1 Å². The van der Waals surface area contributed by atoms with Crippen LogP contribution in [0, 0.1) is 0 Å². The van der Waals surface area contributed by atoms with Crippen LogP contribution in [0.25, 0.3) is 0 Å². The Labute approximate surface area is 148 Å². The molecule has 2 aromatic rings. The van der Waals surface area contributed by atoms with Gasteiger partial charge in [0.15, 0.2) is 0 Å². The SMILES string of the molecule is COc1cccc(CNC(=O)C(C)N(C)Cc2ccc(Cl)cc2)c1. The first kappa shape index (κ1) is 18.3. The standard InChI is InChI=1S/C19H23ClN2O2/c1-14(22(2)13-15-7-9-17(20)10-8-15)19(23)21-12-16-5-4-6-18(11-16)24-3/h4-11,14H,12-13H2,1-3H3,(H,21,23). The van der Waals surface area contributed by atoms with Crippen molar-refractivity contribution in [3.05, 3.63) is 64.7 Å². The van der Waals surface area contributed by atoms with E-state index in [2.05, 4.69) is 5.32 Å². The van der Waals surface area contributed by atoms with Gasteiger partial charge in [-0.05, 0) is 49.4 Å². The third-order valence-electron chi connectivity index (χ3n) is 3.99. The second-order valence-electron chi connectivity index (χ2n) is 5.79. The van der Waals surface area contributed by atoms with Gasteiger partial charge in [0.1, 0.15) is 5.75 Å². The molecule has 0 saturated carbocycles. The van der Waals surface area contributed by atoms with E-state index in [4.69, 9.17) is 16.3 Å². The van der Waals surface area contributed by atoms with Crippen LogP contribution >= 0.6 is 11.6 Å². The van der Waals surface area contributed by atoms with Crippen LogP contribution in [0.15, 0.2) is 48.5 Å². The predicted molar refractivity (Wildman–Crippen MR) is 97.2 cm³/mol. The molecule has 5 heteroatoms.